The van der Waals surface area contributed by atoms with E-state index in [-0.39, 0.29) is 11.9 Å². The molecule has 0 aliphatic carbocycles. The van der Waals surface area contributed by atoms with Crippen LogP contribution in [0.5, 0.6) is 5.75 Å². The van der Waals surface area contributed by atoms with E-state index in [0.29, 0.717) is 24.6 Å². The zero-order valence-corrected chi connectivity index (χ0v) is 18.4. The predicted molar refractivity (Wildman–Crippen MR) is 123 cm³/mol. The van der Waals surface area contributed by atoms with Crippen LogP contribution in [0.1, 0.15) is 58.6 Å². The van der Waals surface area contributed by atoms with Gasteiger partial charge in [-0.1, -0.05) is 24.3 Å². The number of aromatic nitrogens is 2. The van der Waals surface area contributed by atoms with Crippen LogP contribution >= 0.6 is 0 Å². The maximum Gasteiger partial charge on any atom is 0.270 e. The van der Waals surface area contributed by atoms with Gasteiger partial charge in [-0.3, -0.25) is 4.79 Å². The molecule has 0 bridgehead atoms. The molecule has 5 rings (SSSR count). The minimum absolute atomic E-state index is 0.00199. The number of aryl methyl sites for hydroxylation is 1. The highest BCUT2D eigenvalue weighted by Gasteiger charge is 2.32. The van der Waals surface area contributed by atoms with Crippen LogP contribution in [-0.4, -0.2) is 34.4 Å². The van der Waals surface area contributed by atoms with Gasteiger partial charge in [-0.05, 0) is 61.6 Å². The maximum atomic E-state index is 13.4. The smallest absolute Gasteiger partial charge is 0.270 e. The number of hydrogen-bond acceptors (Lipinski definition) is 4. The van der Waals surface area contributed by atoms with Crippen molar-refractivity contribution in [3.05, 3.63) is 83.2 Å². The molecule has 1 fully saturated rings. The number of nitrogens with zero attached hydrogens (tertiary/aromatic N) is 2. The Kier molecular flexibility index (Phi) is 5.43. The summed E-state index contributed by atoms with van der Waals surface area (Å²) in [7, 11) is 1.66. The number of piperidine rings is 1. The standard InChI is InChI=1S/C26H27N3O3/c1-17-7-5-10-22-21(17)15-23(28-22)26(30)29-12-4-3-11-24(29)25-27-16-20(32-25)14-18-8-6-9-19(13-18)31-2/h5-10,13,15-16,24,28H,3-4,11-12,14H2,1-2H3. The first-order valence-electron chi connectivity index (χ1n) is 11.1. The van der Waals surface area contributed by atoms with Gasteiger partial charge in [0.1, 0.15) is 23.2 Å². The van der Waals surface area contributed by atoms with Gasteiger partial charge in [0, 0.05) is 23.9 Å². The fourth-order valence-electron chi connectivity index (χ4n) is 4.55. The van der Waals surface area contributed by atoms with E-state index >= 15 is 0 Å². The van der Waals surface area contributed by atoms with Crippen molar-refractivity contribution in [2.75, 3.05) is 13.7 Å². The molecule has 6 heteroatoms. The summed E-state index contributed by atoms with van der Waals surface area (Å²) in [6.45, 7) is 2.76. The number of carbonyl (C=O) groups excluding carboxylic acids is 1. The molecule has 6 nitrogen and oxygen atoms in total. The minimum atomic E-state index is -0.150. The number of aromatic amines is 1. The summed E-state index contributed by atoms with van der Waals surface area (Å²) >= 11 is 0. The molecule has 1 amide bonds. The molecule has 0 saturated carbocycles. The van der Waals surface area contributed by atoms with Crippen molar-refractivity contribution in [2.24, 2.45) is 0 Å². The Balaban J connectivity index is 1.38. The molecule has 1 N–H and O–H groups in total. The Bertz CT molecular complexity index is 1260. The second-order valence-corrected chi connectivity index (χ2v) is 8.42. The first-order chi connectivity index (χ1) is 15.6. The average molecular weight is 430 g/mol. The van der Waals surface area contributed by atoms with Crippen LogP contribution in [-0.2, 0) is 6.42 Å². The van der Waals surface area contributed by atoms with Crippen molar-refractivity contribution in [3.63, 3.8) is 0 Å². The van der Waals surface area contributed by atoms with Gasteiger partial charge in [0.15, 0.2) is 0 Å². The van der Waals surface area contributed by atoms with Crippen LogP contribution in [0.15, 0.2) is 59.1 Å². The lowest BCUT2D eigenvalue weighted by molar-refractivity contribution is 0.0565. The van der Waals surface area contributed by atoms with Crippen LogP contribution in [0.25, 0.3) is 10.9 Å². The van der Waals surface area contributed by atoms with Crippen molar-refractivity contribution in [1.29, 1.82) is 0 Å². The molecular weight excluding hydrogens is 402 g/mol. The minimum Gasteiger partial charge on any atom is -0.497 e. The van der Waals surface area contributed by atoms with Crippen LogP contribution in [0, 0.1) is 6.92 Å². The van der Waals surface area contributed by atoms with Crippen molar-refractivity contribution in [2.45, 2.75) is 38.6 Å². The summed E-state index contributed by atoms with van der Waals surface area (Å²) in [5.74, 6) is 2.22. The Morgan fingerprint density at radius 3 is 2.94 bits per heavy atom. The Morgan fingerprint density at radius 2 is 2.09 bits per heavy atom. The van der Waals surface area contributed by atoms with Crippen LogP contribution in [0.4, 0.5) is 0 Å². The summed E-state index contributed by atoms with van der Waals surface area (Å²) in [4.78, 5) is 23.2. The molecule has 2 aromatic carbocycles. The SMILES string of the molecule is COc1cccc(Cc2cnc(C3CCCCN3C(=O)c3cc4c(C)cccc4[nH]3)o2)c1. The van der Waals surface area contributed by atoms with Crippen molar-refractivity contribution < 1.29 is 13.9 Å². The fourth-order valence-corrected chi connectivity index (χ4v) is 4.55. The third kappa shape index (κ3) is 3.88. The van der Waals surface area contributed by atoms with E-state index in [1.165, 1.54) is 0 Å². The lowest BCUT2D eigenvalue weighted by Gasteiger charge is -2.33. The molecule has 1 atom stereocenters. The van der Waals surface area contributed by atoms with Gasteiger partial charge in [-0.25, -0.2) is 4.98 Å². The Hall–Kier alpha value is -3.54. The van der Waals surface area contributed by atoms with E-state index in [9.17, 15) is 4.79 Å². The summed E-state index contributed by atoms with van der Waals surface area (Å²) < 4.78 is 11.5. The van der Waals surface area contributed by atoms with Crippen molar-refractivity contribution in [1.82, 2.24) is 14.9 Å². The number of nitrogens with one attached hydrogen (secondary N) is 1. The third-order valence-corrected chi connectivity index (χ3v) is 6.25. The maximum absolute atomic E-state index is 13.4. The highest BCUT2D eigenvalue weighted by Crippen LogP contribution is 2.33. The number of ether oxygens (including phenoxy) is 1. The van der Waals surface area contributed by atoms with E-state index < -0.39 is 0 Å². The lowest BCUT2D eigenvalue weighted by atomic mass is 10.0. The van der Waals surface area contributed by atoms with E-state index in [1.54, 1.807) is 13.3 Å². The Morgan fingerprint density at radius 1 is 1.22 bits per heavy atom. The first-order valence-corrected chi connectivity index (χ1v) is 11.1. The molecule has 1 saturated heterocycles. The molecule has 4 aromatic rings. The summed E-state index contributed by atoms with van der Waals surface area (Å²) in [6.07, 6.45) is 5.29. The molecular formula is C26H27N3O3. The van der Waals surface area contributed by atoms with Gasteiger partial charge in [0.25, 0.3) is 5.91 Å². The molecule has 0 spiro atoms. The molecule has 3 heterocycles. The first kappa shape index (κ1) is 20.4. The molecule has 1 unspecified atom stereocenters. The number of methoxy groups -OCH3 is 1. The van der Waals surface area contributed by atoms with Crippen LogP contribution in [0.3, 0.4) is 0 Å². The molecule has 32 heavy (non-hydrogen) atoms. The quantitative estimate of drug-likeness (QED) is 0.459. The number of rotatable bonds is 5. The monoisotopic (exact) mass is 429 g/mol. The lowest BCUT2D eigenvalue weighted by Crippen LogP contribution is -2.38. The second kappa shape index (κ2) is 8.54. The van der Waals surface area contributed by atoms with Crippen LogP contribution in [0.2, 0.25) is 0 Å². The van der Waals surface area contributed by atoms with E-state index in [1.807, 2.05) is 47.4 Å². The zero-order valence-electron chi connectivity index (χ0n) is 18.4. The number of hydrogen-bond donors (Lipinski definition) is 1. The van der Waals surface area contributed by atoms with Gasteiger partial charge in [0.05, 0.1) is 13.3 Å². The molecule has 164 valence electrons. The summed E-state index contributed by atoms with van der Waals surface area (Å²) in [5.41, 5.74) is 3.85. The number of carbonyl (C=O) groups is 1. The van der Waals surface area contributed by atoms with Gasteiger partial charge >= 0.3 is 0 Å². The number of fused-ring (bicyclic) bond motifs is 1. The fraction of sp³-hybridized carbons (Fsp3) is 0.308. The molecule has 2 aromatic heterocycles. The van der Waals surface area contributed by atoms with E-state index in [2.05, 4.69) is 23.0 Å². The third-order valence-electron chi connectivity index (χ3n) is 6.25. The molecule has 1 aliphatic heterocycles. The summed E-state index contributed by atoms with van der Waals surface area (Å²) in [6, 6.07) is 15.8. The number of likely N-dealkylation sites (tertiary alicyclic amines) is 1. The normalized spacial score (nSPS) is 16.4. The predicted octanol–water partition coefficient (Wildman–Crippen LogP) is 5.43. The number of H-pyrrole nitrogens is 1. The topological polar surface area (TPSA) is 71.4 Å². The van der Waals surface area contributed by atoms with Gasteiger partial charge < -0.3 is 19.0 Å². The number of oxazole rings is 1. The number of amides is 1. The van der Waals surface area contributed by atoms with Gasteiger partial charge in [0.2, 0.25) is 5.89 Å². The largest absolute Gasteiger partial charge is 0.497 e. The van der Waals surface area contributed by atoms with E-state index in [0.717, 1.165) is 52.8 Å². The van der Waals surface area contributed by atoms with Crippen molar-refractivity contribution >= 4 is 16.8 Å². The van der Waals surface area contributed by atoms with Gasteiger partial charge in [-0.2, -0.15) is 0 Å². The highest BCUT2D eigenvalue weighted by molar-refractivity contribution is 5.99. The zero-order chi connectivity index (χ0) is 22.1. The van der Waals surface area contributed by atoms with Crippen molar-refractivity contribution in [3.8, 4) is 5.75 Å². The average Bonchev–Trinajstić information content (AvgIpc) is 3.47. The highest BCUT2D eigenvalue weighted by atomic mass is 16.5. The molecule has 1 aliphatic rings. The second-order valence-electron chi connectivity index (χ2n) is 8.42. The van der Waals surface area contributed by atoms with Crippen LogP contribution < -0.4 is 4.74 Å². The van der Waals surface area contributed by atoms with E-state index in [4.69, 9.17) is 9.15 Å². The Labute approximate surface area is 187 Å². The van der Waals surface area contributed by atoms with Gasteiger partial charge in [-0.15, -0.1) is 0 Å². The summed E-state index contributed by atoms with van der Waals surface area (Å²) in [5, 5.41) is 1.08. The molecule has 0 radical (unpaired) electrons. The number of benzene rings is 2.